The Hall–Kier alpha value is -1.97. The molecule has 0 heterocycles. The van der Waals surface area contributed by atoms with E-state index in [1.165, 1.54) is 7.05 Å². The van der Waals surface area contributed by atoms with Crippen LogP contribution in [0.25, 0.3) is 0 Å². The average molecular weight is 207 g/mol. The molecule has 0 aliphatic heterocycles. The van der Waals surface area contributed by atoms with Crippen molar-refractivity contribution in [3.05, 3.63) is 36.9 Å². The van der Waals surface area contributed by atoms with Crippen LogP contribution >= 0.6 is 0 Å². The van der Waals surface area contributed by atoms with Crippen LogP contribution in [0.4, 0.5) is 10.5 Å². The molecule has 1 N–H and O–H groups in total. The number of benzene rings is 1. The van der Waals surface area contributed by atoms with Gasteiger partial charge in [0.1, 0.15) is 12.4 Å². The fraction of sp³-hybridized carbons (Fsp3) is 0.182. The second-order valence-electron chi connectivity index (χ2n) is 2.91. The molecule has 15 heavy (non-hydrogen) atoms. The molecule has 0 atom stereocenters. The molecule has 4 nitrogen and oxygen atoms in total. The number of carboxylic acid groups (broad SMARTS) is 1. The smallest absolute Gasteiger partial charge is 0.411 e. The first-order valence-corrected chi connectivity index (χ1v) is 4.46. The highest BCUT2D eigenvalue weighted by Gasteiger charge is 2.12. The molecule has 1 aromatic rings. The molecular weight excluding hydrogens is 194 g/mol. The normalized spacial score (nSPS) is 9.40. The molecule has 4 heteroatoms. The topological polar surface area (TPSA) is 49.8 Å². The van der Waals surface area contributed by atoms with Gasteiger partial charge in [-0.3, -0.25) is 4.90 Å². The van der Waals surface area contributed by atoms with E-state index in [0.29, 0.717) is 18.0 Å². The summed E-state index contributed by atoms with van der Waals surface area (Å²) in [5.41, 5.74) is 0.520. The molecule has 0 aromatic heterocycles. The van der Waals surface area contributed by atoms with Crippen molar-refractivity contribution >= 4 is 11.8 Å². The number of hydrogen-bond donors (Lipinski definition) is 1. The van der Waals surface area contributed by atoms with Crippen LogP contribution in [0, 0.1) is 0 Å². The molecule has 0 saturated heterocycles. The molecule has 0 aliphatic rings. The van der Waals surface area contributed by atoms with Gasteiger partial charge in [-0.1, -0.05) is 24.8 Å². The maximum atomic E-state index is 10.8. The monoisotopic (exact) mass is 207 g/mol. The van der Waals surface area contributed by atoms with Crippen LogP contribution in [0.1, 0.15) is 0 Å². The number of anilines is 1. The standard InChI is InChI=1S/C11H13NO3/c1-3-8-15-10-7-5-4-6-9(10)12(2)11(13)14/h3-7H,1,8H2,2H3,(H,13,14). The van der Waals surface area contributed by atoms with Crippen LogP contribution in [0.3, 0.4) is 0 Å². The number of nitrogens with zero attached hydrogens (tertiary/aromatic N) is 1. The molecule has 0 fully saturated rings. The molecule has 0 bridgehead atoms. The quantitative estimate of drug-likeness (QED) is 0.771. The van der Waals surface area contributed by atoms with E-state index in [1.54, 1.807) is 30.3 Å². The van der Waals surface area contributed by atoms with Crippen molar-refractivity contribution in [3.63, 3.8) is 0 Å². The van der Waals surface area contributed by atoms with Crippen LogP contribution in [0.2, 0.25) is 0 Å². The van der Waals surface area contributed by atoms with Crippen molar-refractivity contribution in [3.8, 4) is 5.75 Å². The number of rotatable bonds is 4. The van der Waals surface area contributed by atoms with Gasteiger partial charge in [0.25, 0.3) is 0 Å². The lowest BCUT2D eigenvalue weighted by Crippen LogP contribution is -2.24. The highest BCUT2D eigenvalue weighted by Crippen LogP contribution is 2.26. The van der Waals surface area contributed by atoms with E-state index in [-0.39, 0.29) is 0 Å². The molecular formula is C11H13NO3. The Balaban J connectivity index is 2.94. The van der Waals surface area contributed by atoms with Crippen LogP contribution < -0.4 is 9.64 Å². The van der Waals surface area contributed by atoms with Crippen molar-refractivity contribution in [2.75, 3.05) is 18.6 Å². The minimum absolute atomic E-state index is 0.352. The summed E-state index contributed by atoms with van der Waals surface area (Å²) in [6.45, 7) is 3.88. The number of carbonyl (C=O) groups is 1. The van der Waals surface area contributed by atoms with Crippen LogP contribution in [0.15, 0.2) is 36.9 Å². The largest absolute Gasteiger partial charge is 0.487 e. The minimum atomic E-state index is -1.02. The van der Waals surface area contributed by atoms with Gasteiger partial charge in [0.05, 0.1) is 5.69 Å². The lowest BCUT2D eigenvalue weighted by Gasteiger charge is -2.16. The van der Waals surface area contributed by atoms with E-state index in [4.69, 9.17) is 9.84 Å². The fourth-order valence-electron chi connectivity index (χ4n) is 1.11. The summed E-state index contributed by atoms with van der Waals surface area (Å²) < 4.78 is 5.33. The maximum absolute atomic E-state index is 10.8. The van der Waals surface area contributed by atoms with Gasteiger partial charge in [0.2, 0.25) is 0 Å². The summed E-state index contributed by atoms with van der Waals surface area (Å²) in [7, 11) is 1.47. The SMILES string of the molecule is C=CCOc1ccccc1N(C)C(=O)O. The lowest BCUT2D eigenvalue weighted by atomic mass is 10.3. The van der Waals surface area contributed by atoms with Gasteiger partial charge in [0, 0.05) is 7.05 Å². The summed E-state index contributed by atoms with van der Waals surface area (Å²) in [5.74, 6) is 0.530. The Bertz CT molecular complexity index is 363. The summed E-state index contributed by atoms with van der Waals surface area (Å²) in [6, 6.07) is 6.96. The zero-order valence-electron chi connectivity index (χ0n) is 8.51. The van der Waals surface area contributed by atoms with Crippen LogP contribution in [-0.2, 0) is 0 Å². The van der Waals surface area contributed by atoms with E-state index in [0.717, 1.165) is 4.90 Å². The summed E-state index contributed by atoms with van der Waals surface area (Å²) in [4.78, 5) is 11.9. The average Bonchev–Trinajstić information content (AvgIpc) is 2.25. The first-order chi connectivity index (χ1) is 7.16. The van der Waals surface area contributed by atoms with Crippen molar-refractivity contribution in [1.29, 1.82) is 0 Å². The van der Waals surface area contributed by atoms with E-state index >= 15 is 0 Å². The van der Waals surface area contributed by atoms with E-state index in [1.807, 2.05) is 0 Å². The van der Waals surface area contributed by atoms with Gasteiger partial charge < -0.3 is 9.84 Å². The Morgan fingerprint density at radius 3 is 2.87 bits per heavy atom. The number of amides is 1. The molecule has 0 saturated carbocycles. The Kier molecular flexibility index (Phi) is 3.74. The number of ether oxygens (including phenoxy) is 1. The maximum Gasteiger partial charge on any atom is 0.411 e. The van der Waals surface area contributed by atoms with Crippen molar-refractivity contribution in [1.82, 2.24) is 0 Å². The molecule has 0 aliphatic carbocycles. The predicted octanol–water partition coefficient (Wildman–Crippen LogP) is 2.37. The Labute approximate surface area is 88.4 Å². The van der Waals surface area contributed by atoms with E-state index in [2.05, 4.69) is 6.58 Å². The summed E-state index contributed by atoms with van der Waals surface area (Å²) in [5, 5.41) is 8.84. The highest BCUT2D eigenvalue weighted by atomic mass is 16.5. The van der Waals surface area contributed by atoms with Gasteiger partial charge in [-0.15, -0.1) is 0 Å². The molecule has 1 aromatic carbocycles. The Morgan fingerprint density at radius 2 is 2.27 bits per heavy atom. The first kappa shape index (κ1) is 11.1. The minimum Gasteiger partial charge on any atom is -0.487 e. The van der Waals surface area contributed by atoms with Gasteiger partial charge in [-0.2, -0.15) is 0 Å². The first-order valence-electron chi connectivity index (χ1n) is 4.46. The third-order valence-electron chi connectivity index (χ3n) is 1.87. The molecule has 80 valence electrons. The number of hydrogen-bond acceptors (Lipinski definition) is 2. The summed E-state index contributed by atoms with van der Waals surface area (Å²) >= 11 is 0. The lowest BCUT2D eigenvalue weighted by molar-refractivity contribution is 0.203. The zero-order valence-corrected chi connectivity index (χ0v) is 8.51. The van der Waals surface area contributed by atoms with E-state index in [9.17, 15) is 4.79 Å². The second kappa shape index (κ2) is 5.05. The second-order valence-corrected chi connectivity index (χ2v) is 2.91. The molecule has 0 unspecified atom stereocenters. The van der Waals surface area contributed by atoms with Gasteiger partial charge in [-0.25, -0.2) is 4.79 Å². The zero-order chi connectivity index (χ0) is 11.3. The Morgan fingerprint density at radius 1 is 1.60 bits per heavy atom. The third kappa shape index (κ3) is 2.74. The molecule has 1 rings (SSSR count). The van der Waals surface area contributed by atoms with Gasteiger partial charge in [0.15, 0.2) is 0 Å². The molecule has 0 radical (unpaired) electrons. The molecule has 1 amide bonds. The number of para-hydroxylation sites is 2. The van der Waals surface area contributed by atoms with Crippen molar-refractivity contribution < 1.29 is 14.6 Å². The molecule has 0 spiro atoms. The van der Waals surface area contributed by atoms with Crippen molar-refractivity contribution in [2.45, 2.75) is 0 Å². The van der Waals surface area contributed by atoms with Crippen LogP contribution in [0.5, 0.6) is 5.75 Å². The fourth-order valence-corrected chi connectivity index (χ4v) is 1.11. The van der Waals surface area contributed by atoms with Gasteiger partial charge in [-0.05, 0) is 12.1 Å². The van der Waals surface area contributed by atoms with Gasteiger partial charge >= 0.3 is 6.09 Å². The highest BCUT2D eigenvalue weighted by molar-refractivity contribution is 5.87. The van der Waals surface area contributed by atoms with Crippen LogP contribution in [-0.4, -0.2) is 24.9 Å². The third-order valence-corrected chi connectivity index (χ3v) is 1.87. The van der Waals surface area contributed by atoms with E-state index < -0.39 is 6.09 Å². The predicted molar refractivity (Wildman–Crippen MR) is 58.6 cm³/mol. The van der Waals surface area contributed by atoms with Crippen molar-refractivity contribution in [2.24, 2.45) is 0 Å². The summed E-state index contributed by atoms with van der Waals surface area (Å²) in [6.07, 6.45) is 0.585.